The summed E-state index contributed by atoms with van der Waals surface area (Å²) in [6, 6.07) is 16.0. The summed E-state index contributed by atoms with van der Waals surface area (Å²) < 4.78 is 11.7. The lowest BCUT2D eigenvalue weighted by Crippen LogP contribution is -2.45. The Hall–Kier alpha value is -2.63. The molecule has 3 aromatic rings. The van der Waals surface area contributed by atoms with E-state index in [1.807, 2.05) is 53.4 Å². The normalized spacial score (nSPS) is 19.6. The van der Waals surface area contributed by atoms with Crippen LogP contribution in [0.2, 0.25) is 5.02 Å². The van der Waals surface area contributed by atoms with Crippen LogP contribution in [0.15, 0.2) is 54.7 Å². The molecule has 160 valence electrons. The Kier molecular flexibility index (Phi) is 5.79. The molecule has 2 fully saturated rings. The number of likely N-dealkylation sites (tertiary alicyclic amines) is 1. The standard InChI is InChI=1S/C25H25ClN2O3/c26-23-21(10-7-18-3-1-13-27-24(18)23)17-5-8-19(9-6-17)31-20-11-14-28(15-12-20)25(29)22-4-2-16-30-22/h1,3,5-10,13,20,22H,2,4,11-12,14-16H2. The number of benzene rings is 2. The first-order valence-electron chi connectivity index (χ1n) is 10.9. The van der Waals surface area contributed by atoms with E-state index in [0.29, 0.717) is 11.6 Å². The van der Waals surface area contributed by atoms with Gasteiger partial charge in [-0.25, -0.2) is 0 Å². The van der Waals surface area contributed by atoms with Crippen LogP contribution >= 0.6 is 11.6 Å². The molecule has 0 spiro atoms. The summed E-state index contributed by atoms with van der Waals surface area (Å²) in [7, 11) is 0. The lowest BCUT2D eigenvalue weighted by atomic mass is 10.0. The van der Waals surface area contributed by atoms with Crippen molar-refractivity contribution in [3.63, 3.8) is 0 Å². The largest absolute Gasteiger partial charge is 0.490 e. The van der Waals surface area contributed by atoms with Gasteiger partial charge in [0.1, 0.15) is 18.0 Å². The van der Waals surface area contributed by atoms with Gasteiger partial charge in [0.05, 0.1) is 10.5 Å². The fourth-order valence-electron chi connectivity index (χ4n) is 4.41. The van der Waals surface area contributed by atoms with Gasteiger partial charge in [-0.2, -0.15) is 0 Å². The molecule has 1 amide bonds. The fourth-order valence-corrected chi connectivity index (χ4v) is 4.74. The highest BCUT2D eigenvalue weighted by molar-refractivity contribution is 6.37. The third kappa shape index (κ3) is 4.25. The highest BCUT2D eigenvalue weighted by atomic mass is 35.5. The number of amides is 1. The van der Waals surface area contributed by atoms with E-state index in [0.717, 1.165) is 66.6 Å². The van der Waals surface area contributed by atoms with Crippen molar-refractivity contribution in [2.75, 3.05) is 19.7 Å². The molecule has 0 bridgehead atoms. The molecule has 2 aromatic carbocycles. The molecular formula is C25H25ClN2O3. The van der Waals surface area contributed by atoms with E-state index in [-0.39, 0.29) is 18.1 Å². The van der Waals surface area contributed by atoms with Crippen LogP contribution in [0.4, 0.5) is 0 Å². The molecule has 1 aromatic heterocycles. The minimum absolute atomic E-state index is 0.118. The highest BCUT2D eigenvalue weighted by Gasteiger charge is 2.31. The Bertz CT molecular complexity index is 1070. The number of carbonyl (C=O) groups excluding carboxylic acids is 1. The lowest BCUT2D eigenvalue weighted by molar-refractivity contribution is -0.142. The summed E-state index contributed by atoms with van der Waals surface area (Å²) in [5.74, 6) is 0.977. The molecule has 5 nitrogen and oxygen atoms in total. The number of fused-ring (bicyclic) bond motifs is 1. The van der Waals surface area contributed by atoms with Gasteiger partial charge in [0.15, 0.2) is 0 Å². The fraction of sp³-hybridized carbons (Fsp3) is 0.360. The van der Waals surface area contributed by atoms with E-state index in [9.17, 15) is 4.79 Å². The van der Waals surface area contributed by atoms with Crippen molar-refractivity contribution in [1.82, 2.24) is 9.88 Å². The van der Waals surface area contributed by atoms with E-state index < -0.39 is 0 Å². The minimum Gasteiger partial charge on any atom is -0.490 e. The molecule has 1 atom stereocenters. The zero-order valence-electron chi connectivity index (χ0n) is 17.3. The summed E-state index contributed by atoms with van der Waals surface area (Å²) in [6.45, 7) is 2.15. The average Bonchev–Trinajstić information content (AvgIpc) is 3.35. The minimum atomic E-state index is -0.234. The molecule has 2 saturated heterocycles. The third-order valence-electron chi connectivity index (χ3n) is 6.14. The molecule has 1 unspecified atom stereocenters. The van der Waals surface area contributed by atoms with Crippen LogP contribution in [0, 0.1) is 0 Å². The first-order valence-corrected chi connectivity index (χ1v) is 11.3. The maximum Gasteiger partial charge on any atom is 0.251 e. The number of halogens is 1. The molecule has 6 heteroatoms. The second kappa shape index (κ2) is 8.85. The van der Waals surface area contributed by atoms with E-state index in [1.165, 1.54) is 0 Å². The Morgan fingerprint density at radius 1 is 1.06 bits per heavy atom. The first-order chi connectivity index (χ1) is 15.2. The summed E-state index contributed by atoms with van der Waals surface area (Å²) in [5.41, 5.74) is 2.80. The first kappa shape index (κ1) is 20.3. The molecule has 2 aliphatic heterocycles. The van der Waals surface area contributed by atoms with Crippen LogP contribution in [0.5, 0.6) is 5.75 Å². The van der Waals surface area contributed by atoms with Crippen LogP contribution in [0.1, 0.15) is 25.7 Å². The number of hydrogen-bond donors (Lipinski definition) is 0. The summed E-state index contributed by atoms with van der Waals surface area (Å²) >= 11 is 6.62. The molecule has 0 saturated carbocycles. The zero-order valence-corrected chi connectivity index (χ0v) is 18.1. The van der Waals surface area contributed by atoms with Gasteiger partial charge in [0.25, 0.3) is 5.91 Å². The molecule has 3 heterocycles. The van der Waals surface area contributed by atoms with E-state index in [2.05, 4.69) is 4.98 Å². The second-order valence-electron chi connectivity index (χ2n) is 8.17. The van der Waals surface area contributed by atoms with Gasteiger partial charge in [-0.15, -0.1) is 0 Å². The van der Waals surface area contributed by atoms with Crippen LogP contribution in [0.25, 0.3) is 22.0 Å². The molecular weight excluding hydrogens is 412 g/mol. The number of nitrogens with zero attached hydrogens (tertiary/aromatic N) is 2. The summed E-state index contributed by atoms with van der Waals surface area (Å²) in [6.07, 6.45) is 5.14. The van der Waals surface area contributed by atoms with Crippen LogP contribution in [0.3, 0.4) is 0 Å². The van der Waals surface area contributed by atoms with Gasteiger partial charge in [0, 0.05) is 49.7 Å². The third-order valence-corrected chi connectivity index (χ3v) is 6.52. The van der Waals surface area contributed by atoms with Gasteiger partial charge < -0.3 is 14.4 Å². The van der Waals surface area contributed by atoms with Crippen molar-refractivity contribution in [3.05, 3.63) is 59.8 Å². The molecule has 5 rings (SSSR count). The second-order valence-corrected chi connectivity index (χ2v) is 8.55. The smallest absolute Gasteiger partial charge is 0.251 e. The number of aromatic nitrogens is 1. The molecule has 2 aliphatic rings. The maximum absolute atomic E-state index is 12.5. The van der Waals surface area contributed by atoms with Crippen LogP contribution in [-0.2, 0) is 9.53 Å². The lowest BCUT2D eigenvalue weighted by Gasteiger charge is -2.33. The average molecular weight is 437 g/mol. The summed E-state index contributed by atoms with van der Waals surface area (Å²) in [4.78, 5) is 18.8. The summed E-state index contributed by atoms with van der Waals surface area (Å²) in [5, 5.41) is 1.69. The Morgan fingerprint density at radius 3 is 2.61 bits per heavy atom. The molecule has 0 radical (unpaired) electrons. The van der Waals surface area contributed by atoms with E-state index in [1.54, 1.807) is 6.20 Å². The van der Waals surface area contributed by atoms with Crippen molar-refractivity contribution in [2.45, 2.75) is 37.9 Å². The van der Waals surface area contributed by atoms with Crippen LogP contribution < -0.4 is 4.74 Å². The number of rotatable bonds is 4. The molecule has 0 aliphatic carbocycles. The quantitative estimate of drug-likeness (QED) is 0.570. The predicted octanol–water partition coefficient (Wildman–Crippen LogP) is 5.10. The van der Waals surface area contributed by atoms with Crippen molar-refractivity contribution in [2.24, 2.45) is 0 Å². The SMILES string of the molecule is O=C(C1CCCO1)N1CCC(Oc2ccc(-c3ccc4cccnc4c3Cl)cc2)CC1. The Morgan fingerprint density at radius 2 is 1.87 bits per heavy atom. The number of hydrogen-bond acceptors (Lipinski definition) is 4. The van der Waals surface area contributed by atoms with Crippen molar-refractivity contribution < 1.29 is 14.3 Å². The maximum atomic E-state index is 12.5. The van der Waals surface area contributed by atoms with Crippen molar-refractivity contribution in [3.8, 4) is 16.9 Å². The number of pyridine rings is 1. The molecule has 31 heavy (non-hydrogen) atoms. The van der Waals surface area contributed by atoms with Gasteiger partial charge in [-0.3, -0.25) is 9.78 Å². The van der Waals surface area contributed by atoms with Gasteiger partial charge in [-0.1, -0.05) is 41.9 Å². The monoisotopic (exact) mass is 436 g/mol. The highest BCUT2D eigenvalue weighted by Crippen LogP contribution is 2.34. The number of carbonyl (C=O) groups is 1. The topological polar surface area (TPSA) is 51.7 Å². The van der Waals surface area contributed by atoms with E-state index in [4.69, 9.17) is 21.1 Å². The zero-order chi connectivity index (χ0) is 21.2. The van der Waals surface area contributed by atoms with Crippen molar-refractivity contribution in [1.29, 1.82) is 0 Å². The van der Waals surface area contributed by atoms with E-state index >= 15 is 0 Å². The van der Waals surface area contributed by atoms with Gasteiger partial charge in [-0.05, 0) is 36.6 Å². The molecule has 0 N–H and O–H groups in total. The predicted molar refractivity (Wildman–Crippen MR) is 121 cm³/mol. The Labute approximate surface area is 186 Å². The van der Waals surface area contributed by atoms with Crippen molar-refractivity contribution >= 4 is 28.4 Å². The number of ether oxygens (including phenoxy) is 2. The Balaban J connectivity index is 1.21. The van der Waals surface area contributed by atoms with Gasteiger partial charge >= 0.3 is 0 Å². The van der Waals surface area contributed by atoms with Gasteiger partial charge in [0.2, 0.25) is 0 Å². The number of piperidine rings is 1. The van der Waals surface area contributed by atoms with Crippen LogP contribution in [-0.4, -0.2) is 47.7 Å².